The van der Waals surface area contributed by atoms with E-state index < -0.39 is 0 Å². The van der Waals surface area contributed by atoms with Gasteiger partial charge >= 0.3 is 0 Å². The highest BCUT2D eigenvalue weighted by Gasteiger charge is 2.13. The highest BCUT2D eigenvalue weighted by molar-refractivity contribution is 14.0. The molecule has 1 atom stereocenters. The summed E-state index contributed by atoms with van der Waals surface area (Å²) in [6, 6.07) is 15.4. The molecular weight excluding hydrogens is 473 g/mol. The zero-order valence-electron chi connectivity index (χ0n) is 18.0. The van der Waals surface area contributed by atoms with Crippen molar-refractivity contribution in [1.29, 1.82) is 0 Å². The van der Waals surface area contributed by atoms with E-state index in [1.54, 1.807) is 0 Å². The largest absolute Gasteiger partial charge is 0.356 e. The van der Waals surface area contributed by atoms with Gasteiger partial charge in [-0.05, 0) is 55.5 Å². The molecule has 1 aromatic heterocycles. The van der Waals surface area contributed by atoms with Gasteiger partial charge in [-0.1, -0.05) is 42.5 Å². The summed E-state index contributed by atoms with van der Waals surface area (Å²) in [5.74, 6) is 0.840. The molecule has 0 saturated carbocycles. The maximum absolute atomic E-state index is 4.51. The normalized spacial score (nSPS) is 12.5. The molecule has 2 aromatic carbocycles. The van der Waals surface area contributed by atoms with Crippen molar-refractivity contribution in [2.45, 2.75) is 39.7 Å². The molecule has 29 heavy (non-hydrogen) atoms. The van der Waals surface area contributed by atoms with E-state index in [9.17, 15) is 0 Å². The van der Waals surface area contributed by atoms with Crippen molar-refractivity contribution in [3.63, 3.8) is 0 Å². The van der Waals surface area contributed by atoms with E-state index in [0.29, 0.717) is 0 Å². The van der Waals surface area contributed by atoms with E-state index in [2.05, 4.69) is 84.0 Å². The molecule has 0 amide bonds. The lowest BCUT2D eigenvalue weighted by Gasteiger charge is -2.18. The lowest BCUT2D eigenvalue weighted by atomic mass is 10.1. The number of rotatable bonds is 6. The van der Waals surface area contributed by atoms with Crippen LogP contribution in [0.1, 0.15) is 29.4 Å². The van der Waals surface area contributed by atoms with E-state index in [1.807, 2.05) is 18.8 Å². The predicted octanol–water partition coefficient (Wildman–Crippen LogP) is 4.15. The second kappa shape index (κ2) is 10.6. The Labute approximate surface area is 191 Å². The lowest BCUT2D eigenvalue weighted by molar-refractivity contribution is 0.635. The molecule has 3 aromatic rings. The zero-order chi connectivity index (χ0) is 20.1. The number of nitrogens with zero attached hydrogens (tertiary/aromatic N) is 3. The van der Waals surface area contributed by atoms with Crippen molar-refractivity contribution in [2.75, 3.05) is 13.6 Å². The number of aromatic nitrogens is 2. The maximum Gasteiger partial charge on any atom is 0.191 e. The topological polar surface area (TPSA) is 54.2 Å². The third-order valence-electron chi connectivity index (χ3n) is 5.30. The Morgan fingerprint density at radius 2 is 1.86 bits per heavy atom. The standard InChI is InChI=1S/C23H31N5.HI/c1-16(14-22-17(2)27-28(5)18(22)3)26-23(24-4)25-13-12-19-10-11-20-8-6-7-9-21(20)15-19;/h6-11,15-16H,12-14H2,1-5H3,(H2,24,25,26);1H. The van der Waals surface area contributed by atoms with Gasteiger partial charge in [0.05, 0.1) is 5.69 Å². The van der Waals surface area contributed by atoms with Crippen molar-refractivity contribution in [3.8, 4) is 0 Å². The number of hydrogen-bond donors (Lipinski definition) is 2. The summed E-state index contributed by atoms with van der Waals surface area (Å²) in [6.07, 6.45) is 1.89. The summed E-state index contributed by atoms with van der Waals surface area (Å²) in [5.41, 5.74) is 4.98. The molecule has 0 aliphatic heterocycles. The highest BCUT2D eigenvalue weighted by Crippen LogP contribution is 2.16. The molecular formula is C23H32IN5. The average molecular weight is 505 g/mol. The first-order valence-corrected chi connectivity index (χ1v) is 9.92. The van der Waals surface area contributed by atoms with Gasteiger partial charge in [0.1, 0.15) is 0 Å². The van der Waals surface area contributed by atoms with Crippen molar-refractivity contribution >= 4 is 40.7 Å². The third kappa shape index (κ3) is 5.95. The minimum atomic E-state index is 0. The number of aliphatic imine (C=N–C) groups is 1. The summed E-state index contributed by atoms with van der Waals surface area (Å²) in [6.45, 7) is 7.22. The molecule has 0 aliphatic rings. The smallest absolute Gasteiger partial charge is 0.191 e. The van der Waals surface area contributed by atoms with E-state index in [4.69, 9.17) is 0 Å². The minimum Gasteiger partial charge on any atom is -0.356 e. The summed E-state index contributed by atoms with van der Waals surface area (Å²) in [7, 11) is 3.82. The quantitative estimate of drug-likeness (QED) is 0.301. The highest BCUT2D eigenvalue weighted by atomic mass is 127. The van der Waals surface area contributed by atoms with E-state index in [-0.39, 0.29) is 30.0 Å². The molecule has 0 fully saturated rings. The van der Waals surface area contributed by atoms with Gasteiger partial charge in [-0.2, -0.15) is 5.10 Å². The molecule has 0 bridgehead atoms. The van der Waals surface area contributed by atoms with Crippen LogP contribution in [0.25, 0.3) is 10.8 Å². The van der Waals surface area contributed by atoms with Crippen molar-refractivity contribution < 1.29 is 0 Å². The molecule has 1 unspecified atom stereocenters. The van der Waals surface area contributed by atoms with E-state index in [1.165, 1.54) is 27.6 Å². The summed E-state index contributed by atoms with van der Waals surface area (Å²) < 4.78 is 1.95. The van der Waals surface area contributed by atoms with Crippen LogP contribution in [0, 0.1) is 13.8 Å². The molecule has 6 heteroatoms. The van der Waals surface area contributed by atoms with Gasteiger partial charge in [-0.3, -0.25) is 9.67 Å². The van der Waals surface area contributed by atoms with Gasteiger partial charge in [0, 0.05) is 32.4 Å². The van der Waals surface area contributed by atoms with Crippen LogP contribution in [-0.4, -0.2) is 35.4 Å². The predicted molar refractivity (Wildman–Crippen MR) is 133 cm³/mol. The Morgan fingerprint density at radius 1 is 1.14 bits per heavy atom. The molecule has 0 aliphatic carbocycles. The van der Waals surface area contributed by atoms with Gasteiger partial charge in [-0.15, -0.1) is 24.0 Å². The maximum atomic E-state index is 4.51. The van der Waals surface area contributed by atoms with E-state index >= 15 is 0 Å². The van der Waals surface area contributed by atoms with Gasteiger partial charge in [0.2, 0.25) is 0 Å². The molecule has 3 rings (SSSR count). The van der Waals surface area contributed by atoms with E-state index in [0.717, 1.165) is 31.0 Å². The fourth-order valence-corrected chi connectivity index (χ4v) is 3.62. The summed E-state index contributed by atoms with van der Waals surface area (Å²) in [4.78, 5) is 4.37. The third-order valence-corrected chi connectivity index (χ3v) is 5.30. The zero-order valence-corrected chi connectivity index (χ0v) is 20.3. The first kappa shape index (κ1) is 23.2. The molecule has 5 nitrogen and oxygen atoms in total. The Bertz CT molecular complexity index is 977. The Hall–Kier alpha value is -2.09. The van der Waals surface area contributed by atoms with Crippen LogP contribution in [0.4, 0.5) is 0 Å². The monoisotopic (exact) mass is 505 g/mol. The van der Waals surface area contributed by atoms with Crippen molar-refractivity contribution in [2.24, 2.45) is 12.0 Å². The molecule has 0 spiro atoms. The molecule has 1 heterocycles. The van der Waals surface area contributed by atoms with Gasteiger partial charge in [0.25, 0.3) is 0 Å². The van der Waals surface area contributed by atoms with Gasteiger partial charge in [-0.25, -0.2) is 0 Å². The summed E-state index contributed by atoms with van der Waals surface area (Å²) >= 11 is 0. The van der Waals surface area contributed by atoms with Crippen LogP contribution in [-0.2, 0) is 19.9 Å². The number of halogens is 1. The Balaban J connectivity index is 0.00000300. The molecule has 0 radical (unpaired) electrons. The van der Waals surface area contributed by atoms with Crippen LogP contribution in [0.15, 0.2) is 47.5 Å². The molecule has 2 N–H and O–H groups in total. The fraction of sp³-hybridized carbons (Fsp3) is 0.391. The van der Waals surface area contributed by atoms with Gasteiger partial charge in [0.15, 0.2) is 5.96 Å². The van der Waals surface area contributed by atoms with Crippen LogP contribution < -0.4 is 10.6 Å². The number of benzene rings is 2. The molecule has 0 saturated heterocycles. The SMILES string of the molecule is CN=C(NCCc1ccc2ccccc2c1)NC(C)Cc1c(C)nn(C)c1C.I. The first-order chi connectivity index (χ1) is 13.5. The first-order valence-electron chi connectivity index (χ1n) is 9.92. The lowest BCUT2D eigenvalue weighted by Crippen LogP contribution is -2.43. The minimum absolute atomic E-state index is 0. The van der Waals surface area contributed by atoms with Crippen LogP contribution >= 0.6 is 24.0 Å². The van der Waals surface area contributed by atoms with Crippen LogP contribution in [0.5, 0.6) is 0 Å². The number of aryl methyl sites for hydroxylation is 2. The second-order valence-electron chi connectivity index (χ2n) is 7.45. The Kier molecular flexibility index (Phi) is 8.49. The van der Waals surface area contributed by atoms with Gasteiger partial charge < -0.3 is 10.6 Å². The number of hydrogen-bond acceptors (Lipinski definition) is 2. The Morgan fingerprint density at radius 3 is 2.52 bits per heavy atom. The van der Waals surface area contributed by atoms with Crippen molar-refractivity contribution in [3.05, 3.63) is 65.0 Å². The molecule has 156 valence electrons. The number of fused-ring (bicyclic) bond motifs is 1. The number of nitrogens with one attached hydrogen (secondary N) is 2. The number of guanidine groups is 1. The fourth-order valence-electron chi connectivity index (χ4n) is 3.62. The van der Waals surface area contributed by atoms with Crippen LogP contribution in [0.2, 0.25) is 0 Å². The average Bonchev–Trinajstić information content (AvgIpc) is 2.93. The summed E-state index contributed by atoms with van der Waals surface area (Å²) in [5, 5.41) is 14.0. The second-order valence-corrected chi connectivity index (χ2v) is 7.45. The van der Waals surface area contributed by atoms with Crippen LogP contribution in [0.3, 0.4) is 0 Å². The van der Waals surface area contributed by atoms with Crippen molar-refractivity contribution in [1.82, 2.24) is 20.4 Å².